The maximum Gasteiger partial charge on any atom is 0.134 e. The van der Waals surface area contributed by atoms with Gasteiger partial charge in [-0.1, -0.05) is 0 Å². The van der Waals surface area contributed by atoms with E-state index >= 15 is 0 Å². The van der Waals surface area contributed by atoms with E-state index in [9.17, 15) is 4.79 Å². The van der Waals surface area contributed by atoms with Crippen molar-refractivity contribution in [2.75, 3.05) is 30.4 Å². The highest BCUT2D eigenvalue weighted by Gasteiger charge is 2.23. The van der Waals surface area contributed by atoms with Gasteiger partial charge in [0.15, 0.2) is 0 Å². The van der Waals surface area contributed by atoms with Gasteiger partial charge in [-0.15, -0.1) is 0 Å². The van der Waals surface area contributed by atoms with Crippen LogP contribution in [0.25, 0.3) is 0 Å². The van der Waals surface area contributed by atoms with Gasteiger partial charge in [0.05, 0.1) is 0 Å². The molecule has 0 amide bonds. The van der Waals surface area contributed by atoms with E-state index in [0.29, 0.717) is 24.7 Å². The number of anilines is 2. The van der Waals surface area contributed by atoms with Crippen molar-refractivity contribution in [3.05, 3.63) is 12.4 Å². The van der Waals surface area contributed by atoms with Crippen LogP contribution >= 0.6 is 0 Å². The second-order valence-electron chi connectivity index (χ2n) is 5.13. The molecule has 0 radical (unpaired) electrons. The van der Waals surface area contributed by atoms with Crippen molar-refractivity contribution in [2.45, 2.75) is 38.6 Å². The molecule has 5 heteroatoms. The SMILES string of the molecule is CCN(C)c1cc(N(C)C2CCC(=O)CC2)ncn1. The first-order valence-corrected chi connectivity index (χ1v) is 6.89. The van der Waals surface area contributed by atoms with Crippen LogP contribution in [-0.2, 0) is 4.79 Å². The summed E-state index contributed by atoms with van der Waals surface area (Å²) in [5, 5.41) is 0. The molecule has 0 aliphatic heterocycles. The lowest BCUT2D eigenvalue weighted by Crippen LogP contribution is -2.36. The summed E-state index contributed by atoms with van der Waals surface area (Å²) in [7, 11) is 4.07. The number of ketones is 1. The van der Waals surface area contributed by atoms with Gasteiger partial charge >= 0.3 is 0 Å². The maximum absolute atomic E-state index is 11.3. The minimum atomic E-state index is 0.388. The summed E-state index contributed by atoms with van der Waals surface area (Å²) in [5.41, 5.74) is 0. The first-order valence-electron chi connectivity index (χ1n) is 6.89. The molecule has 0 aromatic carbocycles. The second-order valence-corrected chi connectivity index (χ2v) is 5.13. The lowest BCUT2D eigenvalue weighted by Gasteiger charge is -2.32. The molecule has 5 nitrogen and oxygen atoms in total. The van der Waals surface area contributed by atoms with Crippen molar-refractivity contribution in [1.29, 1.82) is 0 Å². The molecule has 1 fully saturated rings. The summed E-state index contributed by atoms with van der Waals surface area (Å²) in [6, 6.07) is 2.42. The van der Waals surface area contributed by atoms with Gasteiger partial charge in [0.1, 0.15) is 23.7 Å². The maximum atomic E-state index is 11.3. The molecule has 1 aromatic heterocycles. The van der Waals surface area contributed by atoms with Crippen LogP contribution in [0, 0.1) is 0 Å². The molecule has 1 aliphatic rings. The standard InChI is InChI=1S/C14H22N4O/c1-4-17(2)13-9-14(16-10-15-13)18(3)11-5-7-12(19)8-6-11/h9-11H,4-8H2,1-3H3. The summed E-state index contributed by atoms with van der Waals surface area (Å²) >= 11 is 0. The van der Waals surface area contributed by atoms with E-state index < -0.39 is 0 Å². The van der Waals surface area contributed by atoms with E-state index in [0.717, 1.165) is 31.0 Å². The van der Waals surface area contributed by atoms with Gasteiger partial charge in [0.2, 0.25) is 0 Å². The van der Waals surface area contributed by atoms with Crippen LogP contribution in [0.3, 0.4) is 0 Å². The fourth-order valence-electron chi connectivity index (χ4n) is 2.40. The molecule has 2 rings (SSSR count). The first kappa shape index (κ1) is 13.8. The van der Waals surface area contributed by atoms with Crippen molar-refractivity contribution in [1.82, 2.24) is 9.97 Å². The number of carbonyl (C=O) groups excluding carboxylic acids is 1. The Morgan fingerprint density at radius 2 is 1.84 bits per heavy atom. The normalized spacial score (nSPS) is 16.5. The Labute approximate surface area is 114 Å². The topological polar surface area (TPSA) is 49.3 Å². The minimum Gasteiger partial charge on any atom is -0.360 e. The third-order valence-electron chi connectivity index (χ3n) is 3.93. The van der Waals surface area contributed by atoms with Crippen LogP contribution in [0.1, 0.15) is 32.6 Å². The van der Waals surface area contributed by atoms with E-state index in [4.69, 9.17) is 0 Å². The molecular formula is C14H22N4O. The average Bonchev–Trinajstić information content (AvgIpc) is 2.46. The molecule has 1 heterocycles. The fourth-order valence-corrected chi connectivity index (χ4v) is 2.40. The summed E-state index contributed by atoms with van der Waals surface area (Å²) in [6.07, 6.45) is 4.86. The van der Waals surface area contributed by atoms with E-state index in [1.165, 1.54) is 0 Å². The highest BCUT2D eigenvalue weighted by molar-refractivity contribution is 5.79. The highest BCUT2D eigenvalue weighted by atomic mass is 16.1. The van der Waals surface area contributed by atoms with Crippen molar-refractivity contribution in [2.24, 2.45) is 0 Å². The molecule has 0 spiro atoms. The number of rotatable bonds is 4. The van der Waals surface area contributed by atoms with E-state index in [1.54, 1.807) is 6.33 Å². The predicted molar refractivity (Wildman–Crippen MR) is 76.6 cm³/mol. The van der Waals surface area contributed by atoms with E-state index in [-0.39, 0.29) is 0 Å². The van der Waals surface area contributed by atoms with Gasteiger partial charge < -0.3 is 9.80 Å². The Morgan fingerprint density at radius 3 is 2.47 bits per heavy atom. The van der Waals surface area contributed by atoms with Crippen LogP contribution in [-0.4, -0.2) is 42.4 Å². The first-order chi connectivity index (χ1) is 9.11. The van der Waals surface area contributed by atoms with Gasteiger partial charge in [-0.3, -0.25) is 4.79 Å². The molecule has 0 atom stereocenters. The number of aromatic nitrogens is 2. The van der Waals surface area contributed by atoms with Crippen molar-refractivity contribution >= 4 is 17.4 Å². The monoisotopic (exact) mass is 262 g/mol. The zero-order chi connectivity index (χ0) is 13.8. The van der Waals surface area contributed by atoms with E-state index in [2.05, 4.69) is 33.7 Å². The highest BCUT2D eigenvalue weighted by Crippen LogP contribution is 2.24. The Hall–Kier alpha value is -1.65. The zero-order valence-electron chi connectivity index (χ0n) is 12.0. The molecule has 0 unspecified atom stereocenters. The van der Waals surface area contributed by atoms with Crippen molar-refractivity contribution in [3.8, 4) is 0 Å². The molecule has 0 bridgehead atoms. The number of carbonyl (C=O) groups is 1. The smallest absolute Gasteiger partial charge is 0.134 e. The van der Waals surface area contributed by atoms with Gasteiger partial charge in [-0.25, -0.2) is 9.97 Å². The Balaban J connectivity index is 2.10. The molecular weight excluding hydrogens is 240 g/mol. The lowest BCUT2D eigenvalue weighted by molar-refractivity contribution is -0.120. The van der Waals surface area contributed by atoms with Crippen LogP contribution in [0.4, 0.5) is 11.6 Å². The molecule has 1 saturated carbocycles. The quantitative estimate of drug-likeness (QED) is 0.829. The number of hydrogen-bond donors (Lipinski definition) is 0. The molecule has 0 saturated heterocycles. The molecule has 1 aromatic rings. The summed E-state index contributed by atoms with van der Waals surface area (Å²) in [5.74, 6) is 2.26. The average molecular weight is 262 g/mol. The number of nitrogens with zero attached hydrogens (tertiary/aromatic N) is 4. The van der Waals surface area contributed by atoms with Crippen LogP contribution in [0.5, 0.6) is 0 Å². The third kappa shape index (κ3) is 3.22. The van der Waals surface area contributed by atoms with Gasteiger partial charge in [-0.05, 0) is 19.8 Å². The number of Topliss-reactive ketones (excluding diaryl/α,β-unsaturated/α-hetero) is 1. The predicted octanol–water partition coefficient (Wildman–Crippen LogP) is 1.88. The number of hydrogen-bond acceptors (Lipinski definition) is 5. The summed E-state index contributed by atoms with van der Waals surface area (Å²) in [6.45, 7) is 3.01. The molecule has 1 aliphatic carbocycles. The Morgan fingerprint density at radius 1 is 1.21 bits per heavy atom. The molecule has 0 N–H and O–H groups in total. The van der Waals surface area contributed by atoms with Crippen molar-refractivity contribution in [3.63, 3.8) is 0 Å². The Kier molecular flexibility index (Phi) is 4.35. The van der Waals surface area contributed by atoms with Crippen LogP contribution in [0.15, 0.2) is 12.4 Å². The lowest BCUT2D eigenvalue weighted by atomic mass is 9.93. The van der Waals surface area contributed by atoms with Crippen LogP contribution < -0.4 is 9.80 Å². The largest absolute Gasteiger partial charge is 0.360 e. The zero-order valence-corrected chi connectivity index (χ0v) is 12.0. The summed E-state index contributed by atoms with van der Waals surface area (Å²) in [4.78, 5) is 24.2. The van der Waals surface area contributed by atoms with Crippen LogP contribution in [0.2, 0.25) is 0 Å². The summed E-state index contributed by atoms with van der Waals surface area (Å²) < 4.78 is 0. The second kappa shape index (κ2) is 5.99. The molecule has 19 heavy (non-hydrogen) atoms. The van der Waals surface area contributed by atoms with Gasteiger partial charge in [0, 0.05) is 45.6 Å². The van der Waals surface area contributed by atoms with E-state index in [1.807, 2.05) is 13.1 Å². The minimum absolute atomic E-state index is 0.388. The molecule has 104 valence electrons. The van der Waals surface area contributed by atoms with Gasteiger partial charge in [-0.2, -0.15) is 0 Å². The Bertz CT molecular complexity index is 439. The van der Waals surface area contributed by atoms with Gasteiger partial charge in [0.25, 0.3) is 0 Å². The third-order valence-corrected chi connectivity index (χ3v) is 3.93. The van der Waals surface area contributed by atoms with Crippen molar-refractivity contribution < 1.29 is 4.79 Å². The fraction of sp³-hybridized carbons (Fsp3) is 0.643.